The van der Waals surface area contributed by atoms with Crippen LogP contribution in [-0.4, -0.2) is 29.6 Å². The van der Waals surface area contributed by atoms with Gasteiger partial charge in [0.15, 0.2) is 0 Å². The maximum absolute atomic E-state index is 11.4. The van der Waals surface area contributed by atoms with Crippen molar-refractivity contribution in [2.75, 3.05) is 13.7 Å². The molecule has 1 amide bonds. The molecule has 0 fully saturated rings. The average molecular weight is 263 g/mol. The lowest BCUT2D eigenvalue weighted by Crippen LogP contribution is -2.29. The van der Waals surface area contributed by atoms with Gasteiger partial charge >= 0.3 is 0 Å². The quantitative estimate of drug-likeness (QED) is 0.910. The summed E-state index contributed by atoms with van der Waals surface area (Å²) in [6.45, 7) is 10.9. The van der Waals surface area contributed by atoms with E-state index in [9.17, 15) is 4.79 Å². The van der Waals surface area contributed by atoms with Crippen LogP contribution in [0.4, 0.5) is 0 Å². The topological polar surface area (TPSA) is 40.5 Å². The van der Waals surface area contributed by atoms with Gasteiger partial charge in [-0.2, -0.15) is 0 Å². The van der Waals surface area contributed by atoms with Gasteiger partial charge in [0.05, 0.1) is 0 Å². The summed E-state index contributed by atoms with van der Waals surface area (Å²) >= 11 is 0. The number of aryl methyl sites for hydroxylation is 2. The fourth-order valence-corrected chi connectivity index (χ4v) is 2.12. The monoisotopic (exact) mass is 263 g/mol. The zero-order valence-corrected chi connectivity index (χ0v) is 12.9. The van der Waals surface area contributed by atoms with Crippen molar-refractivity contribution in [1.82, 2.24) is 4.90 Å². The van der Waals surface area contributed by atoms with Gasteiger partial charge in [0.1, 0.15) is 6.61 Å². The van der Waals surface area contributed by atoms with E-state index >= 15 is 0 Å². The first-order valence-corrected chi connectivity index (χ1v) is 6.62. The highest BCUT2D eigenvalue weighted by molar-refractivity contribution is 5.76. The van der Waals surface area contributed by atoms with Crippen LogP contribution < -0.4 is 0 Å². The molecule has 0 spiro atoms. The summed E-state index contributed by atoms with van der Waals surface area (Å²) in [6.07, 6.45) is 0. The predicted octanol–water partition coefficient (Wildman–Crippen LogP) is 2.55. The first-order chi connectivity index (χ1) is 8.66. The Kier molecular flexibility index (Phi) is 4.75. The fourth-order valence-electron chi connectivity index (χ4n) is 2.12. The minimum Gasteiger partial charge on any atom is -0.387 e. The van der Waals surface area contributed by atoms with Crippen LogP contribution in [0.2, 0.25) is 0 Å². The highest BCUT2D eigenvalue weighted by Gasteiger charge is 2.17. The zero-order chi connectivity index (χ0) is 14.8. The summed E-state index contributed by atoms with van der Waals surface area (Å²) in [5.41, 5.74) is 4.99. The second-order valence-corrected chi connectivity index (χ2v) is 6.25. The third kappa shape index (κ3) is 3.80. The number of nitrogens with zero attached hydrogens (tertiary/aromatic N) is 1. The lowest BCUT2D eigenvalue weighted by atomic mass is 9.84. The number of rotatable bonds is 3. The van der Waals surface area contributed by atoms with E-state index in [0.29, 0.717) is 6.54 Å². The molecule has 3 nitrogen and oxygen atoms in total. The van der Waals surface area contributed by atoms with Crippen LogP contribution in [0.1, 0.15) is 43.0 Å². The maximum Gasteiger partial charge on any atom is 0.248 e. The van der Waals surface area contributed by atoms with E-state index in [1.807, 2.05) is 0 Å². The second-order valence-electron chi connectivity index (χ2n) is 6.25. The van der Waals surface area contributed by atoms with Crippen molar-refractivity contribution in [3.8, 4) is 0 Å². The zero-order valence-electron chi connectivity index (χ0n) is 12.9. The van der Waals surface area contributed by atoms with E-state index in [1.54, 1.807) is 11.9 Å². The summed E-state index contributed by atoms with van der Waals surface area (Å²) in [6, 6.07) is 4.39. The third-order valence-corrected chi connectivity index (χ3v) is 3.52. The summed E-state index contributed by atoms with van der Waals surface area (Å²) in [4.78, 5) is 13.0. The molecule has 0 aliphatic carbocycles. The molecule has 0 saturated heterocycles. The smallest absolute Gasteiger partial charge is 0.248 e. The Morgan fingerprint density at radius 1 is 1.21 bits per heavy atom. The van der Waals surface area contributed by atoms with E-state index in [2.05, 4.69) is 46.8 Å². The van der Waals surface area contributed by atoms with Crippen LogP contribution in [0.5, 0.6) is 0 Å². The van der Waals surface area contributed by atoms with Gasteiger partial charge in [-0.05, 0) is 41.5 Å². The van der Waals surface area contributed by atoms with Gasteiger partial charge < -0.3 is 10.0 Å². The Morgan fingerprint density at radius 3 is 2.05 bits per heavy atom. The van der Waals surface area contributed by atoms with Crippen LogP contribution in [0, 0.1) is 13.8 Å². The normalized spacial score (nSPS) is 11.5. The number of amides is 1. The highest BCUT2D eigenvalue weighted by Crippen LogP contribution is 2.27. The number of aliphatic hydroxyl groups excluding tert-OH is 1. The van der Waals surface area contributed by atoms with Crippen molar-refractivity contribution in [3.05, 3.63) is 34.4 Å². The van der Waals surface area contributed by atoms with E-state index in [-0.39, 0.29) is 11.3 Å². The molecule has 106 valence electrons. The van der Waals surface area contributed by atoms with Gasteiger partial charge in [-0.15, -0.1) is 0 Å². The van der Waals surface area contributed by atoms with Gasteiger partial charge in [-0.1, -0.05) is 32.9 Å². The number of carbonyl (C=O) groups is 1. The Hall–Kier alpha value is -1.35. The molecule has 3 heteroatoms. The largest absolute Gasteiger partial charge is 0.387 e. The predicted molar refractivity (Wildman–Crippen MR) is 78.2 cm³/mol. The Morgan fingerprint density at radius 2 is 1.68 bits per heavy atom. The number of carbonyl (C=O) groups excluding carboxylic acids is 1. The summed E-state index contributed by atoms with van der Waals surface area (Å²) in [7, 11) is 1.72. The number of hydrogen-bond acceptors (Lipinski definition) is 2. The van der Waals surface area contributed by atoms with Gasteiger partial charge in [-0.3, -0.25) is 4.79 Å². The number of likely N-dealkylation sites (N-methyl/N-ethyl adjacent to an activating group) is 1. The molecule has 19 heavy (non-hydrogen) atoms. The summed E-state index contributed by atoms with van der Waals surface area (Å²) in [5, 5.41) is 8.88. The molecule has 1 N–H and O–H groups in total. The minimum absolute atomic E-state index is 0.126. The third-order valence-electron chi connectivity index (χ3n) is 3.52. The van der Waals surface area contributed by atoms with Gasteiger partial charge in [0.25, 0.3) is 0 Å². The van der Waals surface area contributed by atoms with Gasteiger partial charge in [-0.25, -0.2) is 0 Å². The lowest BCUT2D eigenvalue weighted by molar-refractivity contribution is -0.133. The molecule has 0 aromatic heterocycles. The molecular formula is C16H25NO2. The van der Waals surface area contributed by atoms with Crippen LogP contribution >= 0.6 is 0 Å². The SMILES string of the molecule is Cc1cc(C(C)(C)C)cc(C)c1CN(C)C(=O)CO. The molecule has 1 rings (SSSR count). The maximum atomic E-state index is 11.4. The highest BCUT2D eigenvalue weighted by atomic mass is 16.3. The Bertz CT molecular complexity index is 449. The molecule has 0 aliphatic heterocycles. The molecule has 0 unspecified atom stereocenters. The number of hydrogen-bond donors (Lipinski definition) is 1. The van der Waals surface area contributed by atoms with Crippen LogP contribution in [0.15, 0.2) is 12.1 Å². The first-order valence-electron chi connectivity index (χ1n) is 6.62. The van der Waals surface area contributed by atoms with Crippen LogP contribution in [0.3, 0.4) is 0 Å². The molecule has 0 atom stereocenters. The average Bonchev–Trinajstić information content (AvgIpc) is 2.30. The Balaban J connectivity index is 3.08. The molecule has 0 heterocycles. The van der Waals surface area contributed by atoms with E-state index in [0.717, 1.165) is 5.56 Å². The minimum atomic E-state index is -0.436. The van der Waals surface area contributed by atoms with E-state index in [4.69, 9.17) is 5.11 Å². The van der Waals surface area contributed by atoms with Crippen molar-refractivity contribution in [1.29, 1.82) is 0 Å². The van der Waals surface area contributed by atoms with Crippen LogP contribution in [-0.2, 0) is 16.8 Å². The van der Waals surface area contributed by atoms with Gasteiger partial charge in [0, 0.05) is 13.6 Å². The van der Waals surface area contributed by atoms with Crippen molar-refractivity contribution >= 4 is 5.91 Å². The number of aliphatic hydroxyl groups is 1. The molecule has 0 aliphatic rings. The number of benzene rings is 1. The summed E-state index contributed by atoms with van der Waals surface area (Å²) < 4.78 is 0. The van der Waals surface area contributed by atoms with Gasteiger partial charge in [0.2, 0.25) is 5.91 Å². The molecular weight excluding hydrogens is 238 g/mol. The lowest BCUT2D eigenvalue weighted by Gasteiger charge is -2.24. The molecule has 0 bridgehead atoms. The van der Waals surface area contributed by atoms with E-state index < -0.39 is 6.61 Å². The molecule has 0 radical (unpaired) electrons. The molecule has 0 saturated carbocycles. The fraction of sp³-hybridized carbons (Fsp3) is 0.562. The molecule has 1 aromatic carbocycles. The Labute approximate surface area is 116 Å². The second kappa shape index (κ2) is 5.74. The first kappa shape index (κ1) is 15.7. The van der Waals surface area contributed by atoms with Crippen LogP contribution in [0.25, 0.3) is 0 Å². The standard InChI is InChI=1S/C16H25NO2/c1-11-7-13(16(3,4)5)8-12(2)14(11)9-17(6)15(19)10-18/h7-8,18H,9-10H2,1-6H3. The van der Waals surface area contributed by atoms with Crippen molar-refractivity contribution in [3.63, 3.8) is 0 Å². The van der Waals surface area contributed by atoms with E-state index in [1.165, 1.54) is 16.7 Å². The van der Waals surface area contributed by atoms with Crippen molar-refractivity contribution in [2.45, 2.75) is 46.6 Å². The molecule has 1 aromatic rings. The van der Waals surface area contributed by atoms with Crippen molar-refractivity contribution in [2.24, 2.45) is 0 Å². The van der Waals surface area contributed by atoms with Crippen molar-refractivity contribution < 1.29 is 9.90 Å². The summed E-state index contributed by atoms with van der Waals surface area (Å²) in [5.74, 6) is -0.251.